The average molecular weight is 325 g/mol. The summed E-state index contributed by atoms with van der Waals surface area (Å²) < 4.78 is 0. The van der Waals surface area contributed by atoms with Crippen LogP contribution in [0.15, 0.2) is 11.6 Å². The Labute approximate surface area is 143 Å². The zero-order valence-corrected chi connectivity index (χ0v) is 14.8. The van der Waals surface area contributed by atoms with Gasteiger partial charge in [-0.1, -0.05) is 19.4 Å². The Bertz CT molecular complexity index is 711. The van der Waals surface area contributed by atoms with Gasteiger partial charge in [0.1, 0.15) is 5.78 Å². The second-order valence-electron chi connectivity index (χ2n) is 9.89. The van der Waals surface area contributed by atoms with E-state index in [-0.39, 0.29) is 28.6 Å². The van der Waals surface area contributed by atoms with E-state index in [9.17, 15) is 9.59 Å². The van der Waals surface area contributed by atoms with Crippen molar-refractivity contribution >= 4 is 11.6 Å². The van der Waals surface area contributed by atoms with Crippen LogP contribution < -0.4 is 0 Å². The maximum absolute atomic E-state index is 14.0. The Hall–Kier alpha value is -0.960. The van der Waals surface area contributed by atoms with Crippen molar-refractivity contribution in [2.75, 3.05) is 13.1 Å². The Morgan fingerprint density at radius 1 is 1.17 bits per heavy atom. The van der Waals surface area contributed by atoms with Crippen molar-refractivity contribution in [2.45, 2.75) is 52.0 Å². The molecule has 8 atom stereocenters. The number of nitrogens with zero attached hydrogens (tertiary/aromatic N) is 1. The highest BCUT2D eigenvalue weighted by Crippen LogP contribution is 2.74. The van der Waals surface area contributed by atoms with E-state index in [4.69, 9.17) is 0 Å². The molecule has 3 nitrogen and oxygen atoms in total. The van der Waals surface area contributed by atoms with Crippen LogP contribution in [0.3, 0.4) is 0 Å². The van der Waals surface area contributed by atoms with Gasteiger partial charge in [-0.3, -0.25) is 14.5 Å². The van der Waals surface area contributed by atoms with Gasteiger partial charge in [0.2, 0.25) is 0 Å². The highest BCUT2D eigenvalue weighted by Gasteiger charge is 2.76. The lowest BCUT2D eigenvalue weighted by Gasteiger charge is -2.60. The number of fused-ring (bicyclic) bond motifs is 1. The van der Waals surface area contributed by atoms with Gasteiger partial charge in [0.25, 0.3) is 0 Å². The Morgan fingerprint density at radius 2 is 2.00 bits per heavy atom. The largest absolute Gasteiger partial charge is 0.299 e. The monoisotopic (exact) mass is 325 g/mol. The summed E-state index contributed by atoms with van der Waals surface area (Å²) >= 11 is 0. The minimum absolute atomic E-state index is 0.0976. The lowest BCUT2D eigenvalue weighted by molar-refractivity contribution is -0.167. The van der Waals surface area contributed by atoms with Crippen LogP contribution in [0.4, 0.5) is 0 Å². The quantitative estimate of drug-likeness (QED) is 0.687. The summed E-state index contributed by atoms with van der Waals surface area (Å²) in [5.74, 6) is 2.64. The molecule has 0 aromatic rings. The molecule has 2 heterocycles. The molecule has 0 aromatic carbocycles. The fourth-order valence-corrected chi connectivity index (χ4v) is 8.59. The second kappa shape index (κ2) is 4.06. The molecule has 1 spiro atoms. The van der Waals surface area contributed by atoms with Crippen LogP contribution in [0.5, 0.6) is 0 Å². The summed E-state index contributed by atoms with van der Waals surface area (Å²) in [6, 6.07) is 0.579. The topological polar surface area (TPSA) is 37.4 Å². The van der Waals surface area contributed by atoms with Crippen molar-refractivity contribution in [3.05, 3.63) is 11.6 Å². The van der Waals surface area contributed by atoms with Crippen molar-refractivity contribution in [2.24, 2.45) is 40.4 Å². The van der Waals surface area contributed by atoms with E-state index in [1.165, 1.54) is 18.5 Å². The average Bonchev–Trinajstić information content (AvgIpc) is 3.15. The number of ketones is 2. The maximum atomic E-state index is 14.0. The van der Waals surface area contributed by atoms with Crippen molar-refractivity contribution in [1.82, 2.24) is 4.90 Å². The zero-order chi connectivity index (χ0) is 16.4. The predicted molar refractivity (Wildman–Crippen MR) is 90.2 cm³/mol. The molecule has 2 unspecified atom stereocenters. The fourth-order valence-electron chi connectivity index (χ4n) is 8.59. The lowest BCUT2D eigenvalue weighted by Crippen LogP contribution is -2.66. The third-order valence-electron chi connectivity index (χ3n) is 9.52. The highest BCUT2D eigenvalue weighted by molar-refractivity contribution is 6.00. The highest BCUT2D eigenvalue weighted by atomic mass is 16.1. The molecule has 3 heteroatoms. The third kappa shape index (κ3) is 1.23. The molecular formula is C21H27NO2. The molecule has 3 saturated carbocycles. The number of rotatable bonds is 0. The number of allylic oxidation sites excluding steroid dienone is 2. The van der Waals surface area contributed by atoms with Crippen molar-refractivity contribution in [3.8, 4) is 0 Å². The number of hydrogen-bond donors (Lipinski definition) is 0. The van der Waals surface area contributed by atoms with Gasteiger partial charge < -0.3 is 0 Å². The standard InChI is InChI=1S/C21H27NO2/c1-11-9-22-10-13-4-3-12-7-16(23)14-5-6-21(18(12)14)19(24)15(11)8-17(22)20(13,21)2/h7,11,13-15,17-18H,3-6,8-10H2,1-2H3/t11-,13-,14+,15?,17+,18?,20-,21+/m1/s1. The van der Waals surface area contributed by atoms with Gasteiger partial charge in [0.15, 0.2) is 5.78 Å². The van der Waals surface area contributed by atoms with Crippen LogP contribution in [0.1, 0.15) is 46.0 Å². The molecule has 2 bridgehead atoms. The minimum atomic E-state index is -0.228. The summed E-state index contributed by atoms with van der Waals surface area (Å²) in [6.45, 7) is 7.04. The van der Waals surface area contributed by atoms with Crippen LogP contribution in [-0.4, -0.2) is 35.6 Å². The van der Waals surface area contributed by atoms with Gasteiger partial charge in [0, 0.05) is 47.7 Å². The van der Waals surface area contributed by atoms with Crippen molar-refractivity contribution in [3.63, 3.8) is 0 Å². The summed E-state index contributed by atoms with van der Waals surface area (Å²) in [6.07, 6.45) is 7.21. The number of Topliss-reactive ketones (excluding diaryl/α,β-unsaturated/α-hetero) is 1. The molecule has 24 heavy (non-hydrogen) atoms. The molecule has 6 aliphatic rings. The summed E-state index contributed by atoms with van der Waals surface area (Å²) in [5.41, 5.74) is 1.22. The van der Waals surface area contributed by atoms with Gasteiger partial charge in [0.05, 0.1) is 0 Å². The maximum Gasteiger partial charge on any atom is 0.159 e. The van der Waals surface area contributed by atoms with E-state index >= 15 is 0 Å². The molecule has 0 amide bonds. The molecule has 4 aliphatic carbocycles. The van der Waals surface area contributed by atoms with Crippen LogP contribution in [0, 0.1) is 40.4 Å². The van der Waals surface area contributed by atoms with Crippen molar-refractivity contribution < 1.29 is 9.59 Å². The number of carbonyl (C=O) groups excluding carboxylic acids is 2. The van der Waals surface area contributed by atoms with Crippen LogP contribution >= 0.6 is 0 Å². The first-order chi connectivity index (χ1) is 11.5. The Kier molecular flexibility index (Phi) is 2.41. The van der Waals surface area contributed by atoms with Crippen LogP contribution in [0.2, 0.25) is 0 Å². The number of carbonyl (C=O) groups is 2. The molecule has 5 fully saturated rings. The van der Waals surface area contributed by atoms with Gasteiger partial charge in [-0.2, -0.15) is 0 Å². The molecule has 0 aromatic heterocycles. The van der Waals surface area contributed by atoms with E-state index in [0.717, 1.165) is 32.2 Å². The van der Waals surface area contributed by atoms with Gasteiger partial charge >= 0.3 is 0 Å². The van der Waals surface area contributed by atoms with E-state index in [2.05, 4.69) is 18.7 Å². The third-order valence-corrected chi connectivity index (χ3v) is 9.52. The van der Waals surface area contributed by atoms with Crippen molar-refractivity contribution in [1.29, 1.82) is 0 Å². The van der Waals surface area contributed by atoms with Gasteiger partial charge in [-0.15, -0.1) is 0 Å². The van der Waals surface area contributed by atoms with Gasteiger partial charge in [-0.25, -0.2) is 0 Å². The Balaban J connectivity index is 1.64. The molecule has 128 valence electrons. The first-order valence-electron chi connectivity index (χ1n) is 10.0. The number of piperidine rings is 1. The summed E-state index contributed by atoms with van der Waals surface area (Å²) in [7, 11) is 0. The molecule has 0 N–H and O–H groups in total. The predicted octanol–water partition coefficient (Wildman–Crippen LogP) is 2.85. The summed E-state index contributed by atoms with van der Waals surface area (Å²) in [4.78, 5) is 29.3. The normalized spacial score (nSPS) is 57.8. The SMILES string of the molecule is C[C@@H]1CN2C[C@H]3CCC4=CC(=O)[C@@H]5CC[C@@]6(C(=O)C1C[C@H]2[C@@]36C)C45. The fraction of sp³-hybridized carbons (Fsp3) is 0.810. The molecule has 2 aliphatic heterocycles. The molecule has 2 saturated heterocycles. The van der Waals surface area contributed by atoms with E-state index in [1.54, 1.807) is 0 Å². The first kappa shape index (κ1) is 14.2. The molecule has 6 rings (SSSR count). The first-order valence-corrected chi connectivity index (χ1v) is 10.0. The second-order valence-corrected chi connectivity index (χ2v) is 9.89. The van der Waals surface area contributed by atoms with E-state index in [0.29, 0.717) is 29.4 Å². The van der Waals surface area contributed by atoms with E-state index < -0.39 is 0 Å². The van der Waals surface area contributed by atoms with Crippen LogP contribution in [0.25, 0.3) is 0 Å². The Morgan fingerprint density at radius 3 is 2.83 bits per heavy atom. The van der Waals surface area contributed by atoms with Gasteiger partial charge in [-0.05, 0) is 50.0 Å². The van der Waals surface area contributed by atoms with Crippen LogP contribution in [-0.2, 0) is 9.59 Å². The lowest BCUT2D eigenvalue weighted by atomic mass is 9.44. The number of hydrogen-bond acceptors (Lipinski definition) is 3. The minimum Gasteiger partial charge on any atom is -0.299 e. The smallest absolute Gasteiger partial charge is 0.159 e. The molecular weight excluding hydrogens is 298 g/mol. The summed E-state index contributed by atoms with van der Waals surface area (Å²) in [5, 5.41) is 0. The van der Waals surface area contributed by atoms with E-state index in [1.807, 2.05) is 6.08 Å². The zero-order valence-electron chi connectivity index (χ0n) is 14.8. The molecule has 0 radical (unpaired) electrons.